The standard InChI is InChI=1S/C13H18O5S/c1-4-18-13(14)10(2)19(15,16)9-11-5-7-12(17-3)8-6-11/h5-8,10H,4,9H2,1-3H3/t10-/m1/s1. The summed E-state index contributed by atoms with van der Waals surface area (Å²) in [5.41, 5.74) is 0.608. The quantitative estimate of drug-likeness (QED) is 0.742. The van der Waals surface area contributed by atoms with E-state index in [1.807, 2.05) is 0 Å². The van der Waals surface area contributed by atoms with Crippen molar-refractivity contribution < 1.29 is 22.7 Å². The van der Waals surface area contributed by atoms with Crippen molar-refractivity contribution in [3.63, 3.8) is 0 Å². The summed E-state index contributed by atoms with van der Waals surface area (Å²) >= 11 is 0. The lowest BCUT2D eigenvalue weighted by Gasteiger charge is -2.12. The molecule has 0 saturated carbocycles. The Morgan fingerprint density at radius 2 is 1.84 bits per heavy atom. The summed E-state index contributed by atoms with van der Waals surface area (Å²) in [5.74, 6) is -0.257. The highest BCUT2D eigenvalue weighted by Crippen LogP contribution is 2.16. The second-order valence-electron chi connectivity index (χ2n) is 4.05. The molecule has 106 valence electrons. The van der Waals surface area contributed by atoms with Crippen LogP contribution in [0.3, 0.4) is 0 Å². The molecule has 0 spiro atoms. The van der Waals surface area contributed by atoms with E-state index in [-0.39, 0.29) is 12.4 Å². The van der Waals surface area contributed by atoms with Gasteiger partial charge in [-0.15, -0.1) is 0 Å². The molecule has 0 aliphatic heterocycles. The normalized spacial score (nSPS) is 12.8. The third-order valence-corrected chi connectivity index (χ3v) is 4.69. The van der Waals surface area contributed by atoms with E-state index in [4.69, 9.17) is 9.47 Å². The lowest BCUT2D eigenvalue weighted by atomic mass is 10.2. The second kappa shape index (κ2) is 6.56. The highest BCUT2D eigenvalue weighted by molar-refractivity contribution is 7.92. The van der Waals surface area contributed by atoms with Gasteiger partial charge in [-0.05, 0) is 31.5 Å². The molecule has 0 aliphatic rings. The Kier molecular flexibility index (Phi) is 5.35. The van der Waals surface area contributed by atoms with Gasteiger partial charge >= 0.3 is 5.97 Å². The summed E-state index contributed by atoms with van der Waals surface area (Å²) in [6, 6.07) is 6.68. The maximum atomic E-state index is 12.0. The van der Waals surface area contributed by atoms with E-state index in [0.29, 0.717) is 11.3 Å². The van der Waals surface area contributed by atoms with Gasteiger partial charge in [0.25, 0.3) is 0 Å². The van der Waals surface area contributed by atoms with E-state index in [0.717, 1.165) is 0 Å². The monoisotopic (exact) mass is 286 g/mol. The largest absolute Gasteiger partial charge is 0.497 e. The molecule has 5 nitrogen and oxygen atoms in total. The first-order valence-electron chi connectivity index (χ1n) is 5.92. The predicted molar refractivity (Wildman–Crippen MR) is 71.7 cm³/mol. The van der Waals surface area contributed by atoms with Crippen molar-refractivity contribution in [2.24, 2.45) is 0 Å². The van der Waals surface area contributed by atoms with Crippen LogP contribution >= 0.6 is 0 Å². The third kappa shape index (κ3) is 4.24. The number of carbonyl (C=O) groups excluding carboxylic acids is 1. The van der Waals surface area contributed by atoms with E-state index >= 15 is 0 Å². The third-order valence-electron chi connectivity index (χ3n) is 2.68. The molecule has 0 fully saturated rings. The fourth-order valence-electron chi connectivity index (χ4n) is 1.49. The van der Waals surface area contributed by atoms with E-state index < -0.39 is 21.1 Å². The average Bonchev–Trinajstić information content (AvgIpc) is 2.38. The van der Waals surface area contributed by atoms with Gasteiger partial charge in [-0.1, -0.05) is 12.1 Å². The molecular weight excluding hydrogens is 268 g/mol. The molecule has 1 aromatic rings. The van der Waals surface area contributed by atoms with E-state index in [2.05, 4.69) is 0 Å². The van der Waals surface area contributed by atoms with Gasteiger partial charge in [0.05, 0.1) is 19.5 Å². The van der Waals surface area contributed by atoms with Crippen LogP contribution in [0.1, 0.15) is 19.4 Å². The minimum atomic E-state index is -3.57. The van der Waals surface area contributed by atoms with E-state index in [1.165, 1.54) is 14.0 Å². The zero-order valence-electron chi connectivity index (χ0n) is 11.3. The van der Waals surface area contributed by atoms with Crippen LogP contribution in [0.5, 0.6) is 5.75 Å². The number of rotatable bonds is 6. The molecule has 0 saturated heterocycles. The Balaban J connectivity index is 2.80. The highest BCUT2D eigenvalue weighted by atomic mass is 32.2. The molecule has 19 heavy (non-hydrogen) atoms. The molecule has 1 rings (SSSR count). The zero-order chi connectivity index (χ0) is 14.5. The number of methoxy groups -OCH3 is 1. The number of carbonyl (C=O) groups is 1. The smallest absolute Gasteiger partial charge is 0.324 e. The van der Waals surface area contributed by atoms with Crippen LogP contribution < -0.4 is 4.74 Å². The van der Waals surface area contributed by atoms with Crippen molar-refractivity contribution in [1.29, 1.82) is 0 Å². The first-order chi connectivity index (χ1) is 8.90. The number of esters is 1. The Labute approximate surface area is 113 Å². The van der Waals surface area contributed by atoms with Crippen LogP contribution in [-0.4, -0.2) is 33.4 Å². The molecule has 0 radical (unpaired) electrons. The van der Waals surface area contributed by atoms with Crippen LogP contribution in [0.25, 0.3) is 0 Å². The zero-order valence-corrected chi connectivity index (χ0v) is 12.1. The van der Waals surface area contributed by atoms with Crippen molar-refractivity contribution in [3.05, 3.63) is 29.8 Å². The molecule has 0 N–H and O–H groups in total. The molecule has 0 aromatic heterocycles. The minimum absolute atomic E-state index is 0.168. The average molecular weight is 286 g/mol. The Morgan fingerprint density at radius 3 is 2.32 bits per heavy atom. The molecule has 0 unspecified atom stereocenters. The van der Waals surface area contributed by atoms with Gasteiger partial charge in [0.15, 0.2) is 15.1 Å². The summed E-state index contributed by atoms with van der Waals surface area (Å²) < 4.78 is 33.8. The lowest BCUT2D eigenvalue weighted by Crippen LogP contribution is -2.30. The Hall–Kier alpha value is -1.56. The number of benzene rings is 1. The van der Waals surface area contributed by atoms with Crippen LogP contribution in [0, 0.1) is 0 Å². The number of hydrogen-bond acceptors (Lipinski definition) is 5. The van der Waals surface area contributed by atoms with Gasteiger partial charge in [0.2, 0.25) is 0 Å². The van der Waals surface area contributed by atoms with Crippen LogP contribution in [0.4, 0.5) is 0 Å². The van der Waals surface area contributed by atoms with E-state index in [9.17, 15) is 13.2 Å². The summed E-state index contributed by atoms with van der Waals surface area (Å²) in [6.45, 7) is 3.15. The molecule has 0 heterocycles. The lowest BCUT2D eigenvalue weighted by molar-refractivity contribution is -0.142. The van der Waals surface area contributed by atoms with Gasteiger partial charge in [0.1, 0.15) is 5.75 Å². The first-order valence-corrected chi connectivity index (χ1v) is 7.63. The summed E-state index contributed by atoms with van der Waals surface area (Å²) in [6.07, 6.45) is 0. The molecule has 1 aromatic carbocycles. The second-order valence-corrected chi connectivity index (χ2v) is 6.37. The topological polar surface area (TPSA) is 69.7 Å². The maximum absolute atomic E-state index is 12.0. The summed E-state index contributed by atoms with van der Waals surface area (Å²) in [4.78, 5) is 11.5. The van der Waals surface area contributed by atoms with Crippen molar-refractivity contribution in [3.8, 4) is 5.75 Å². The van der Waals surface area contributed by atoms with Gasteiger partial charge in [-0.25, -0.2) is 8.42 Å². The van der Waals surface area contributed by atoms with Crippen molar-refractivity contribution in [2.45, 2.75) is 24.9 Å². The summed E-state index contributed by atoms with van der Waals surface area (Å²) in [7, 11) is -2.03. The number of ether oxygens (including phenoxy) is 2. The number of sulfone groups is 1. The van der Waals surface area contributed by atoms with Crippen LogP contribution in [-0.2, 0) is 25.1 Å². The molecule has 0 aliphatic carbocycles. The Bertz CT molecular complexity index is 518. The van der Waals surface area contributed by atoms with Gasteiger partial charge in [-0.3, -0.25) is 4.79 Å². The van der Waals surface area contributed by atoms with Crippen LogP contribution in [0.15, 0.2) is 24.3 Å². The number of hydrogen-bond donors (Lipinski definition) is 0. The van der Waals surface area contributed by atoms with Crippen molar-refractivity contribution >= 4 is 15.8 Å². The highest BCUT2D eigenvalue weighted by Gasteiger charge is 2.29. The molecular formula is C13H18O5S. The van der Waals surface area contributed by atoms with Gasteiger partial charge in [0, 0.05) is 0 Å². The van der Waals surface area contributed by atoms with Gasteiger partial charge in [-0.2, -0.15) is 0 Å². The molecule has 0 bridgehead atoms. The summed E-state index contributed by atoms with van der Waals surface area (Å²) in [5, 5.41) is -1.16. The molecule has 0 amide bonds. The van der Waals surface area contributed by atoms with E-state index in [1.54, 1.807) is 31.2 Å². The Morgan fingerprint density at radius 1 is 1.26 bits per heavy atom. The van der Waals surface area contributed by atoms with Crippen LogP contribution in [0.2, 0.25) is 0 Å². The van der Waals surface area contributed by atoms with Crippen molar-refractivity contribution in [2.75, 3.05) is 13.7 Å². The minimum Gasteiger partial charge on any atom is -0.497 e. The molecule has 6 heteroatoms. The fourth-order valence-corrected chi connectivity index (χ4v) is 2.75. The fraction of sp³-hybridized carbons (Fsp3) is 0.462. The van der Waals surface area contributed by atoms with Crippen molar-refractivity contribution in [1.82, 2.24) is 0 Å². The van der Waals surface area contributed by atoms with Gasteiger partial charge < -0.3 is 9.47 Å². The maximum Gasteiger partial charge on any atom is 0.324 e. The first kappa shape index (κ1) is 15.5. The predicted octanol–water partition coefficient (Wildman–Crippen LogP) is 1.56. The SMILES string of the molecule is CCOC(=O)[C@@H](C)S(=O)(=O)Cc1ccc(OC)cc1. The molecule has 1 atom stereocenters.